The van der Waals surface area contributed by atoms with Crippen molar-refractivity contribution >= 4 is 11.8 Å². The molecule has 1 heterocycles. The molecule has 4 heteroatoms. The lowest BCUT2D eigenvalue weighted by atomic mass is 9.92. The topological polar surface area (TPSA) is 49.4 Å². The van der Waals surface area contributed by atoms with Crippen LogP contribution in [-0.2, 0) is 4.79 Å². The maximum Gasteiger partial charge on any atom is 0.260 e. The quantitative estimate of drug-likeness (QED) is 0.843. The zero-order valence-electron chi connectivity index (χ0n) is 11.5. The molecule has 2 amide bonds. The van der Waals surface area contributed by atoms with Crippen LogP contribution >= 0.6 is 0 Å². The van der Waals surface area contributed by atoms with E-state index in [4.69, 9.17) is 0 Å². The van der Waals surface area contributed by atoms with Crippen molar-refractivity contribution in [3.8, 4) is 0 Å². The second-order valence-electron chi connectivity index (χ2n) is 5.14. The molecule has 1 saturated heterocycles. The second-order valence-corrected chi connectivity index (χ2v) is 5.14. The maximum absolute atomic E-state index is 12.5. The van der Waals surface area contributed by atoms with Gasteiger partial charge in [-0.3, -0.25) is 14.5 Å². The van der Waals surface area contributed by atoms with E-state index in [-0.39, 0.29) is 11.8 Å². The summed E-state index contributed by atoms with van der Waals surface area (Å²) in [5.74, 6) is -0.316. The molecule has 1 atom stereocenters. The lowest BCUT2D eigenvalue weighted by Gasteiger charge is -2.39. The first-order valence-corrected chi connectivity index (χ1v) is 6.75. The third kappa shape index (κ3) is 2.68. The Morgan fingerprint density at radius 3 is 2.68 bits per heavy atom. The fourth-order valence-corrected chi connectivity index (χ4v) is 2.54. The molecule has 0 aliphatic carbocycles. The third-order valence-corrected chi connectivity index (χ3v) is 3.58. The number of nitrogens with one attached hydrogen (secondary N) is 1. The van der Waals surface area contributed by atoms with Crippen molar-refractivity contribution in [2.45, 2.75) is 32.2 Å². The van der Waals surface area contributed by atoms with Gasteiger partial charge in [-0.15, -0.1) is 0 Å². The average Bonchev–Trinajstić information content (AvgIpc) is 2.43. The van der Waals surface area contributed by atoms with Gasteiger partial charge in [-0.25, -0.2) is 0 Å². The molecule has 0 saturated carbocycles. The monoisotopic (exact) mass is 260 g/mol. The Labute approximate surface area is 113 Å². The van der Waals surface area contributed by atoms with Crippen LogP contribution in [-0.4, -0.2) is 35.3 Å². The van der Waals surface area contributed by atoms with Gasteiger partial charge in [0.25, 0.3) is 5.91 Å². The van der Waals surface area contributed by atoms with Crippen molar-refractivity contribution in [2.24, 2.45) is 0 Å². The van der Waals surface area contributed by atoms with Crippen molar-refractivity contribution < 1.29 is 9.59 Å². The molecule has 1 N–H and O–H groups in total. The van der Waals surface area contributed by atoms with Crippen LogP contribution in [0.5, 0.6) is 0 Å². The van der Waals surface area contributed by atoms with E-state index >= 15 is 0 Å². The number of carbonyl (C=O) groups is 2. The molecule has 1 aliphatic rings. The minimum Gasteiger partial charge on any atom is -0.302 e. The van der Waals surface area contributed by atoms with Gasteiger partial charge in [0.15, 0.2) is 0 Å². The number of nitrogens with zero attached hydrogens (tertiary/aromatic N) is 1. The number of piperazine rings is 1. The number of amides is 2. The second kappa shape index (κ2) is 5.53. The summed E-state index contributed by atoms with van der Waals surface area (Å²) in [6.07, 6.45) is 1.65. The predicted molar refractivity (Wildman–Crippen MR) is 73.8 cm³/mol. The molecule has 102 valence electrons. The van der Waals surface area contributed by atoms with Crippen molar-refractivity contribution in [3.05, 3.63) is 35.9 Å². The largest absolute Gasteiger partial charge is 0.302 e. The number of imide groups is 1. The maximum atomic E-state index is 12.5. The van der Waals surface area contributed by atoms with Crippen LogP contribution < -0.4 is 5.32 Å². The molecule has 0 aromatic heterocycles. The summed E-state index contributed by atoms with van der Waals surface area (Å²) in [6, 6.07) is 8.97. The van der Waals surface area contributed by atoms with Gasteiger partial charge in [-0.2, -0.15) is 0 Å². The third-order valence-electron chi connectivity index (χ3n) is 3.58. The lowest BCUT2D eigenvalue weighted by molar-refractivity contribution is -0.137. The lowest BCUT2D eigenvalue weighted by Crippen LogP contribution is -2.63. The molecule has 1 fully saturated rings. The Balaban J connectivity index is 2.21. The number of benzene rings is 1. The van der Waals surface area contributed by atoms with Crippen molar-refractivity contribution in [2.75, 3.05) is 13.1 Å². The zero-order chi connectivity index (χ0) is 13.9. The first kappa shape index (κ1) is 13.7. The fourth-order valence-electron chi connectivity index (χ4n) is 2.54. The number of hydrogen-bond donors (Lipinski definition) is 1. The summed E-state index contributed by atoms with van der Waals surface area (Å²) in [6.45, 7) is 5.01. The van der Waals surface area contributed by atoms with E-state index in [0.717, 1.165) is 12.8 Å². The number of carbonyl (C=O) groups excluding carboxylic acids is 2. The summed E-state index contributed by atoms with van der Waals surface area (Å²) in [4.78, 5) is 26.3. The normalized spacial score (nSPS) is 23.5. The van der Waals surface area contributed by atoms with Crippen LogP contribution in [0, 0.1) is 0 Å². The summed E-state index contributed by atoms with van der Waals surface area (Å²) < 4.78 is 0. The molecule has 1 aromatic carbocycles. The van der Waals surface area contributed by atoms with Crippen molar-refractivity contribution in [1.29, 1.82) is 0 Å². The van der Waals surface area contributed by atoms with Gasteiger partial charge >= 0.3 is 0 Å². The van der Waals surface area contributed by atoms with Gasteiger partial charge in [0.2, 0.25) is 5.91 Å². The predicted octanol–water partition coefficient (Wildman–Crippen LogP) is 1.82. The zero-order valence-corrected chi connectivity index (χ0v) is 11.5. The van der Waals surface area contributed by atoms with E-state index in [2.05, 4.69) is 5.32 Å². The van der Waals surface area contributed by atoms with E-state index in [0.29, 0.717) is 18.7 Å². The average molecular weight is 260 g/mol. The van der Waals surface area contributed by atoms with Gasteiger partial charge in [-0.1, -0.05) is 31.5 Å². The van der Waals surface area contributed by atoms with E-state index in [1.54, 1.807) is 12.1 Å². The Bertz CT molecular complexity index is 468. The highest BCUT2D eigenvalue weighted by molar-refractivity contribution is 6.07. The van der Waals surface area contributed by atoms with E-state index in [9.17, 15) is 9.59 Å². The van der Waals surface area contributed by atoms with E-state index < -0.39 is 5.54 Å². The Hall–Kier alpha value is -1.68. The molecule has 1 aliphatic heterocycles. The standard InChI is InChI=1S/C15H20N2O2/c1-3-9-15(2)14(19)17(11-10-16-15)13(18)12-7-5-4-6-8-12/h4-8,16H,3,9-11H2,1-2H3. The highest BCUT2D eigenvalue weighted by atomic mass is 16.2. The van der Waals surface area contributed by atoms with Gasteiger partial charge in [-0.05, 0) is 25.5 Å². The van der Waals surface area contributed by atoms with Crippen molar-refractivity contribution in [3.63, 3.8) is 0 Å². The minimum atomic E-state index is -0.614. The van der Waals surface area contributed by atoms with Gasteiger partial charge < -0.3 is 5.32 Å². The minimum absolute atomic E-state index is 0.116. The molecule has 0 radical (unpaired) electrons. The first-order valence-electron chi connectivity index (χ1n) is 6.75. The highest BCUT2D eigenvalue weighted by Crippen LogP contribution is 2.20. The molecule has 0 spiro atoms. The molecule has 0 bridgehead atoms. The summed E-state index contributed by atoms with van der Waals surface area (Å²) in [5, 5.41) is 3.24. The Morgan fingerprint density at radius 2 is 2.05 bits per heavy atom. The van der Waals surface area contributed by atoms with Gasteiger partial charge in [0.05, 0.1) is 5.54 Å². The summed E-state index contributed by atoms with van der Waals surface area (Å²) in [5.41, 5.74) is -0.0474. The van der Waals surface area contributed by atoms with E-state index in [1.165, 1.54) is 4.90 Å². The van der Waals surface area contributed by atoms with Crippen LogP contribution in [0.2, 0.25) is 0 Å². The van der Waals surface area contributed by atoms with Crippen LogP contribution in [0.15, 0.2) is 30.3 Å². The molecule has 19 heavy (non-hydrogen) atoms. The van der Waals surface area contributed by atoms with Gasteiger partial charge in [0.1, 0.15) is 0 Å². The van der Waals surface area contributed by atoms with Crippen LogP contribution in [0.3, 0.4) is 0 Å². The molecular formula is C15H20N2O2. The smallest absolute Gasteiger partial charge is 0.260 e. The van der Waals surface area contributed by atoms with Gasteiger partial charge in [0, 0.05) is 18.7 Å². The number of rotatable bonds is 3. The van der Waals surface area contributed by atoms with Crippen LogP contribution in [0.4, 0.5) is 0 Å². The highest BCUT2D eigenvalue weighted by Gasteiger charge is 2.41. The molecule has 2 rings (SSSR count). The molecule has 1 unspecified atom stereocenters. The number of hydrogen-bond acceptors (Lipinski definition) is 3. The Kier molecular flexibility index (Phi) is 4.00. The molecular weight excluding hydrogens is 240 g/mol. The first-order chi connectivity index (χ1) is 9.08. The van der Waals surface area contributed by atoms with Crippen molar-refractivity contribution in [1.82, 2.24) is 10.2 Å². The van der Waals surface area contributed by atoms with Crippen LogP contribution in [0.1, 0.15) is 37.0 Å². The Morgan fingerprint density at radius 1 is 1.37 bits per heavy atom. The molecule has 1 aromatic rings. The summed E-state index contributed by atoms with van der Waals surface area (Å²) >= 11 is 0. The SMILES string of the molecule is CCCC1(C)NCCN(C(=O)c2ccccc2)C1=O. The van der Waals surface area contributed by atoms with Crippen LogP contribution in [0.25, 0.3) is 0 Å². The summed E-state index contributed by atoms with van der Waals surface area (Å²) in [7, 11) is 0. The molecule has 4 nitrogen and oxygen atoms in total. The van der Waals surface area contributed by atoms with E-state index in [1.807, 2.05) is 32.0 Å². The fraction of sp³-hybridized carbons (Fsp3) is 0.467.